The number of carbonyl (C=O) groups excluding carboxylic acids is 1. The van der Waals surface area contributed by atoms with Gasteiger partial charge in [-0.2, -0.15) is 0 Å². The van der Waals surface area contributed by atoms with Gasteiger partial charge in [-0.05, 0) is 43.2 Å². The Morgan fingerprint density at radius 1 is 1.04 bits per heavy atom. The van der Waals surface area contributed by atoms with Gasteiger partial charge in [0.25, 0.3) is 0 Å². The van der Waals surface area contributed by atoms with Crippen LogP contribution in [0.2, 0.25) is 0 Å². The van der Waals surface area contributed by atoms with Gasteiger partial charge in [-0.25, -0.2) is 0 Å². The Labute approximate surface area is 146 Å². The molecule has 0 atom stereocenters. The topological polar surface area (TPSA) is 45.2 Å². The highest BCUT2D eigenvalue weighted by Crippen LogP contribution is 2.27. The summed E-state index contributed by atoms with van der Waals surface area (Å²) in [5.41, 5.74) is 1.26. The highest BCUT2D eigenvalue weighted by molar-refractivity contribution is 5.75. The minimum atomic E-state index is 0.261. The highest BCUT2D eigenvalue weighted by atomic mass is 16.1. The summed E-state index contributed by atoms with van der Waals surface area (Å²) in [5.74, 6) is 1.69. The summed E-state index contributed by atoms with van der Waals surface area (Å²) in [7, 11) is 0. The number of nitrogens with one attached hydrogen (secondary N) is 1. The predicted octanol–water partition coefficient (Wildman–Crippen LogP) is 3.77. The zero-order valence-electron chi connectivity index (χ0n) is 14.8. The standard InChI is InChI=1S/C20H31N3O/c24-20(7-6-17-4-2-1-3-5-17)22-16-18-10-14-23(15-11-18)19-8-12-21-13-9-19/h8-9,12-13,17-18H,1-7,10-11,14-16H2,(H,22,24). The van der Waals surface area contributed by atoms with Crippen molar-refractivity contribution in [1.82, 2.24) is 10.3 Å². The molecule has 1 aliphatic carbocycles. The minimum absolute atomic E-state index is 0.261. The molecule has 3 rings (SSSR count). The van der Waals surface area contributed by atoms with Crippen LogP contribution in [0.1, 0.15) is 57.8 Å². The van der Waals surface area contributed by atoms with Crippen LogP contribution in [-0.4, -0.2) is 30.5 Å². The summed E-state index contributed by atoms with van der Waals surface area (Å²) >= 11 is 0. The lowest BCUT2D eigenvalue weighted by atomic mass is 9.86. The van der Waals surface area contributed by atoms with Crippen molar-refractivity contribution in [3.8, 4) is 0 Å². The quantitative estimate of drug-likeness (QED) is 0.864. The molecule has 132 valence electrons. The maximum absolute atomic E-state index is 12.1. The maximum atomic E-state index is 12.1. The monoisotopic (exact) mass is 329 g/mol. The van der Waals surface area contributed by atoms with E-state index in [4.69, 9.17) is 0 Å². The molecule has 4 nitrogen and oxygen atoms in total. The lowest BCUT2D eigenvalue weighted by Crippen LogP contribution is -2.38. The third kappa shape index (κ3) is 5.22. The third-order valence-electron chi connectivity index (χ3n) is 5.73. The van der Waals surface area contributed by atoms with Gasteiger partial charge in [-0.3, -0.25) is 9.78 Å². The molecular weight excluding hydrogens is 298 g/mol. The van der Waals surface area contributed by atoms with E-state index < -0.39 is 0 Å². The molecule has 0 aromatic carbocycles. The fourth-order valence-corrected chi connectivity index (χ4v) is 4.11. The molecular formula is C20H31N3O. The van der Waals surface area contributed by atoms with Crippen LogP contribution in [0.25, 0.3) is 0 Å². The average molecular weight is 329 g/mol. The van der Waals surface area contributed by atoms with E-state index in [0.717, 1.165) is 51.2 Å². The Kier molecular flexibility index (Phi) is 6.50. The fraction of sp³-hybridized carbons (Fsp3) is 0.700. The van der Waals surface area contributed by atoms with E-state index in [-0.39, 0.29) is 5.91 Å². The zero-order valence-corrected chi connectivity index (χ0v) is 14.8. The number of aromatic nitrogens is 1. The van der Waals surface area contributed by atoms with Crippen molar-refractivity contribution in [2.75, 3.05) is 24.5 Å². The first-order chi connectivity index (χ1) is 11.8. The maximum Gasteiger partial charge on any atom is 0.220 e. The van der Waals surface area contributed by atoms with E-state index in [1.807, 2.05) is 12.4 Å². The smallest absolute Gasteiger partial charge is 0.220 e. The Balaban J connectivity index is 1.31. The molecule has 2 aliphatic rings. The molecule has 1 amide bonds. The van der Waals surface area contributed by atoms with Crippen molar-refractivity contribution >= 4 is 11.6 Å². The van der Waals surface area contributed by atoms with Gasteiger partial charge in [0.15, 0.2) is 0 Å². The van der Waals surface area contributed by atoms with Crippen LogP contribution in [0, 0.1) is 11.8 Å². The first kappa shape index (κ1) is 17.2. The Hall–Kier alpha value is -1.58. The lowest BCUT2D eigenvalue weighted by molar-refractivity contribution is -0.121. The van der Waals surface area contributed by atoms with Crippen molar-refractivity contribution in [2.24, 2.45) is 11.8 Å². The molecule has 4 heteroatoms. The second-order valence-corrected chi connectivity index (χ2v) is 7.48. The molecule has 24 heavy (non-hydrogen) atoms. The lowest BCUT2D eigenvalue weighted by Gasteiger charge is -2.33. The van der Waals surface area contributed by atoms with Gasteiger partial charge in [0.2, 0.25) is 5.91 Å². The van der Waals surface area contributed by atoms with Gasteiger partial charge < -0.3 is 10.2 Å². The molecule has 1 saturated carbocycles. The number of carbonyl (C=O) groups is 1. The van der Waals surface area contributed by atoms with Crippen molar-refractivity contribution < 1.29 is 4.79 Å². The van der Waals surface area contributed by atoms with Gasteiger partial charge in [-0.1, -0.05) is 32.1 Å². The molecule has 0 spiro atoms. The second-order valence-electron chi connectivity index (χ2n) is 7.48. The van der Waals surface area contributed by atoms with E-state index in [1.165, 1.54) is 37.8 Å². The summed E-state index contributed by atoms with van der Waals surface area (Å²) in [6.07, 6.45) is 14.6. The van der Waals surface area contributed by atoms with E-state index in [0.29, 0.717) is 5.92 Å². The van der Waals surface area contributed by atoms with Crippen LogP contribution >= 0.6 is 0 Å². The van der Waals surface area contributed by atoms with Crippen molar-refractivity contribution in [3.63, 3.8) is 0 Å². The number of pyridine rings is 1. The zero-order chi connectivity index (χ0) is 16.6. The molecule has 1 saturated heterocycles. The summed E-state index contributed by atoms with van der Waals surface area (Å²) in [6.45, 7) is 3.01. The molecule has 1 N–H and O–H groups in total. The van der Waals surface area contributed by atoms with Crippen LogP contribution in [-0.2, 0) is 4.79 Å². The largest absolute Gasteiger partial charge is 0.371 e. The van der Waals surface area contributed by atoms with E-state index in [1.54, 1.807) is 0 Å². The van der Waals surface area contributed by atoms with E-state index in [2.05, 4.69) is 27.3 Å². The SMILES string of the molecule is O=C(CCC1CCCCC1)NCC1CCN(c2ccncc2)CC1. The Morgan fingerprint density at radius 2 is 1.75 bits per heavy atom. The number of hydrogen-bond donors (Lipinski definition) is 1. The first-order valence-corrected chi connectivity index (χ1v) is 9.73. The number of nitrogens with zero attached hydrogens (tertiary/aromatic N) is 2. The molecule has 1 aliphatic heterocycles. The van der Waals surface area contributed by atoms with Crippen molar-refractivity contribution in [1.29, 1.82) is 0 Å². The first-order valence-electron chi connectivity index (χ1n) is 9.73. The molecule has 0 radical (unpaired) electrons. The van der Waals surface area contributed by atoms with Crippen LogP contribution in [0.15, 0.2) is 24.5 Å². The summed E-state index contributed by atoms with van der Waals surface area (Å²) in [4.78, 5) is 18.6. The number of rotatable bonds is 6. The second kappa shape index (κ2) is 9.05. The van der Waals surface area contributed by atoms with Gasteiger partial charge >= 0.3 is 0 Å². The number of piperidine rings is 1. The molecule has 1 aromatic rings. The van der Waals surface area contributed by atoms with E-state index >= 15 is 0 Å². The number of amides is 1. The predicted molar refractivity (Wildman–Crippen MR) is 98.0 cm³/mol. The van der Waals surface area contributed by atoms with Crippen LogP contribution < -0.4 is 10.2 Å². The Morgan fingerprint density at radius 3 is 2.46 bits per heavy atom. The summed E-state index contributed by atoms with van der Waals surface area (Å²) in [6, 6.07) is 4.15. The normalized spacial score (nSPS) is 20.1. The summed E-state index contributed by atoms with van der Waals surface area (Å²) in [5, 5.41) is 3.18. The van der Waals surface area contributed by atoms with Crippen LogP contribution in [0.5, 0.6) is 0 Å². The average Bonchev–Trinajstić information content (AvgIpc) is 2.67. The fourth-order valence-electron chi connectivity index (χ4n) is 4.11. The van der Waals surface area contributed by atoms with Crippen LogP contribution in [0.3, 0.4) is 0 Å². The number of hydrogen-bond acceptors (Lipinski definition) is 3. The molecule has 2 fully saturated rings. The highest BCUT2D eigenvalue weighted by Gasteiger charge is 2.20. The molecule has 1 aromatic heterocycles. The summed E-state index contributed by atoms with van der Waals surface area (Å²) < 4.78 is 0. The molecule has 0 bridgehead atoms. The number of anilines is 1. The van der Waals surface area contributed by atoms with Gasteiger partial charge in [-0.15, -0.1) is 0 Å². The van der Waals surface area contributed by atoms with Gasteiger partial charge in [0.05, 0.1) is 0 Å². The van der Waals surface area contributed by atoms with Gasteiger partial charge in [0.1, 0.15) is 0 Å². The third-order valence-corrected chi connectivity index (χ3v) is 5.73. The van der Waals surface area contributed by atoms with Crippen molar-refractivity contribution in [2.45, 2.75) is 57.8 Å². The Bertz CT molecular complexity index is 491. The van der Waals surface area contributed by atoms with Gasteiger partial charge in [0, 0.05) is 44.1 Å². The van der Waals surface area contributed by atoms with Crippen molar-refractivity contribution in [3.05, 3.63) is 24.5 Å². The molecule has 0 unspecified atom stereocenters. The van der Waals surface area contributed by atoms with Crippen LogP contribution in [0.4, 0.5) is 5.69 Å². The molecule has 2 heterocycles. The minimum Gasteiger partial charge on any atom is -0.371 e. The van der Waals surface area contributed by atoms with E-state index in [9.17, 15) is 4.79 Å².